The van der Waals surface area contributed by atoms with Crippen LogP contribution in [0.15, 0.2) is 72.9 Å². The first-order chi connectivity index (χ1) is 16.9. The van der Waals surface area contributed by atoms with Crippen molar-refractivity contribution in [2.24, 2.45) is 0 Å². The molecule has 0 radical (unpaired) electrons. The molecule has 3 aromatic carbocycles. The van der Waals surface area contributed by atoms with Crippen molar-refractivity contribution in [3.05, 3.63) is 78.7 Å². The van der Waals surface area contributed by atoms with Crippen molar-refractivity contribution in [3.8, 4) is 11.1 Å². The summed E-state index contributed by atoms with van der Waals surface area (Å²) < 4.78 is 15.1. The molecular weight excluding hydrogens is 441 g/mol. The molecule has 0 unspecified atom stereocenters. The van der Waals surface area contributed by atoms with E-state index in [1.165, 1.54) is 6.07 Å². The number of piperazine rings is 1. The SMILES string of the molecule is CC(C)(O)CN1CCN(c2ccc(Nc3ncc4cccc(-c5ccccc5)c4n3)cc2F)CC1. The summed E-state index contributed by atoms with van der Waals surface area (Å²) in [6.07, 6.45) is 1.79. The third kappa shape index (κ3) is 5.42. The van der Waals surface area contributed by atoms with Gasteiger partial charge >= 0.3 is 0 Å². The summed E-state index contributed by atoms with van der Waals surface area (Å²) in [7, 11) is 0. The van der Waals surface area contributed by atoms with Crippen LogP contribution >= 0.6 is 0 Å². The van der Waals surface area contributed by atoms with Crippen LogP contribution in [0.25, 0.3) is 22.0 Å². The van der Waals surface area contributed by atoms with Gasteiger partial charge in [0, 0.05) is 55.6 Å². The minimum atomic E-state index is -0.729. The Kier molecular flexibility index (Phi) is 6.36. The monoisotopic (exact) mass is 471 g/mol. The quantitative estimate of drug-likeness (QED) is 0.409. The summed E-state index contributed by atoms with van der Waals surface area (Å²) in [5.74, 6) is 0.143. The number of benzene rings is 3. The lowest BCUT2D eigenvalue weighted by Crippen LogP contribution is -2.50. The van der Waals surface area contributed by atoms with Gasteiger partial charge in [0.1, 0.15) is 5.82 Å². The number of nitrogens with zero attached hydrogens (tertiary/aromatic N) is 4. The van der Waals surface area contributed by atoms with E-state index in [-0.39, 0.29) is 5.82 Å². The number of hydrogen-bond acceptors (Lipinski definition) is 6. The second-order valence-electron chi connectivity index (χ2n) is 9.67. The topological polar surface area (TPSA) is 64.5 Å². The highest BCUT2D eigenvalue weighted by atomic mass is 19.1. The van der Waals surface area contributed by atoms with E-state index < -0.39 is 5.60 Å². The molecule has 2 N–H and O–H groups in total. The second-order valence-corrected chi connectivity index (χ2v) is 9.67. The van der Waals surface area contributed by atoms with Gasteiger partial charge in [0.15, 0.2) is 0 Å². The van der Waals surface area contributed by atoms with Gasteiger partial charge in [0.2, 0.25) is 5.95 Å². The standard InChI is InChI=1S/C28H30FN5O/c1-28(2,35)19-33-13-15-34(16-14-33)25-12-11-22(17-24(25)29)31-27-30-18-21-9-6-10-23(26(21)32-27)20-7-4-3-5-8-20/h3-12,17-18,35H,13-16,19H2,1-2H3,(H,30,31,32). The lowest BCUT2D eigenvalue weighted by molar-refractivity contribution is 0.0344. The maximum atomic E-state index is 15.1. The molecule has 0 bridgehead atoms. The molecule has 1 aliphatic heterocycles. The van der Waals surface area contributed by atoms with Gasteiger partial charge < -0.3 is 15.3 Å². The van der Waals surface area contributed by atoms with Crippen molar-refractivity contribution >= 4 is 28.2 Å². The van der Waals surface area contributed by atoms with Gasteiger partial charge in [-0.25, -0.2) is 14.4 Å². The van der Waals surface area contributed by atoms with Crippen LogP contribution in [0.2, 0.25) is 0 Å². The Labute approximate surface area is 205 Å². The molecule has 0 saturated carbocycles. The van der Waals surface area contributed by atoms with E-state index in [1.54, 1.807) is 12.3 Å². The number of aliphatic hydroxyl groups is 1. The zero-order valence-corrected chi connectivity index (χ0v) is 20.1. The third-order valence-corrected chi connectivity index (χ3v) is 6.22. The minimum Gasteiger partial charge on any atom is -0.389 e. The average Bonchev–Trinajstić information content (AvgIpc) is 2.84. The average molecular weight is 472 g/mol. The minimum absolute atomic E-state index is 0.281. The molecule has 4 aromatic rings. The number of halogens is 1. The fraction of sp³-hybridized carbons (Fsp3) is 0.286. The molecule has 0 aliphatic carbocycles. The maximum absolute atomic E-state index is 15.1. The lowest BCUT2D eigenvalue weighted by Gasteiger charge is -2.38. The van der Waals surface area contributed by atoms with E-state index in [2.05, 4.69) is 32.2 Å². The molecule has 5 rings (SSSR count). The normalized spacial score (nSPS) is 14.9. The van der Waals surface area contributed by atoms with Crippen molar-refractivity contribution in [1.29, 1.82) is 0 Å². The Morgan fingerprint density at radius 1 is 0.971 bits per heavy atom. The molecule has 0 spiro atoms. The van der Waals surface area contributed by atoms with E-state index in [1.807, 2.05) is 56.3 Å². The largest absolute Gasteiger partial charge is 0.389 e. The molecule has 1 fully saturated rings. The van der Waals surface area contributed by atoms with Gasteiger partial charge in [-0.2, -0.15) is 0 Å². The first-order valence-electron chi connectivity index (χ1n) is 11.9. The van der Waals surface area contributed by atoms with Crippen molar-refractivity contribution in [2.45, 2.75) is 19.4 Å². The van der Waals surface area contributed by atoms with Crippen LogP contribution in [-0.4, -0.2) is 58.3 Å². The van der Waals surface area contributed by atoms with E-state index in [4.69, 9.17) is 4.98 Å². The van der Waals surface area contributed by atoms with Crippen LogP contribution in [0.3, 0.4) is 0 Å². The van der Waals surface area contributed by atoms with Crippen molar-refractivity contribution in [1.82, 2.24) is 14.9 Å². The number of nitrogens with one attached hydrogen (secondary N) is 1. The number of β-amino-alcohol motifs (C(OH)–C–C–N with tert-alkyl or cyclic N) is 1. The summed E-state index contributed by atoms with van der Waals surface area (Å²) in [5.41, 5.74) is 3.41. The first-order valence-corrected chi connectivity index (χ1v) is 11.9. The number of aromatic nitrogens is 2. The van der Waals surface area contributed by atoms with Crippen LogP contribution in [0.5, 0.6) is 0 Å². The number of fused-ring (bicyclic) bond motifs is 1. The van der Waals surface area contributed by atoms with Gasteiger partial charge in [-0.1, -0.05) is 48.5 Å². The van der Waals surface area contributed by atoms with Gasteiger partial charge in [-0.15, -0.1) is 0 Å². The fourth-order valence-electron chi connectivity index (χ4n) is 4.63. The number of rotatable bonds is 6. The van der Waals surface area contributed by atoms with Crippen LogP contribution in [-0.2, 0) is 0 Å². The van der Waals surface area contributed by atoms with Gasteiger partial charge in [-0.05, 0) is 37.6 Å². The summed E-state index contributed by atoms with van der Waals surface area (Å²) in [6, 6.07) is 21.3. The third-order valence-electron chi connectivity index (χ3n) is 6.22. The van der Waals surface area contributed by atoms with Gasteiger partial charge in [0.05, 0.1) is 16.8 Å². The maximum Gasteiger partial charge on any atom is 0.227 e. The molecule has 0 amide bonds. The molecule has 1 saturated heterocycles. The number of anilines is 3. The molecular formula is C28H30FN5O. The summed E-state index contributed by atoms with van der Waals surface area (Å²) in [4.78, 5) is 13.4. The van der Waals surface area contributed by atoms with Crippen LogP contribution in [0, 0.1) is 5.82 Å². The highest BCUT2D eigenvalue weighted by Crippen LogP contribution is 2.29. The Morgan fingerprint density at radius 3 is 2.46 bits per heavy atom. The number of para-hydroxylation sites is 1. The molecule has 35 heavy (non-hydrogen) atoms. The Morgan fingerprint density at radius 2 is 1.74 bits per heavy atom. The van der Waals surface area contributed by atoms with Crippen LogP contribution in [0.1, 0.15) is 13.8 Å². The summed E-state index contributed by atoms with van der Waals surface area (Å²) >= 11 is 0. The van der Waals surface area contributed by atoms with Gasteiger partial charge in [0.25, 0.3) is 0 Å². The van der Waals surface area contributed by atoms with Crippen molar-refractivity contribution in [3.63, 3.8) is 0 Å². The Balaban J connectivity index is 1.32. The van der Waals surface area contributed by atoms with E-state index in [0.717, 1.165) is 48.2 Å². The van der Waals surface area contributed by atoms with E-state index in [0.29, 0.717) is 23.9 Å². The molecule has 180 valence electrons. The Hall–Kier alpha value is -3.55. The molecule has 6 nitrogen and oxygen atoms in total. The van der Waals surface area contributed by atoms with Gasteiger partial charge in [-0.3, -0.25) is 4.90 Å². The molecule has 2 heterocycles. The predicted octanol–water partition coefficient (Wildman–Crippen LogP) is 5.07. The fourth-order valence-corrected chi connectivity index (χ4v) is 4.63. The highest BCUT2D eigenvalue weighted by molar-refractivity contribution is 5.93. The van der Waals surface area contributed by atoms with E-state index in [9.17, 15) is 5.11 Å². The zero-order chi connectivity index (χ0) is 24.4. The summed E-state index contributed by atoms with van der Waals surface area (Å²) in [6.45, 7) is 7.25. The van der Waals surface area contributed by atoms with Crippen molar-refractivity contribution < 1.29 is 9.50 Å². The molecule has 7 heteroatoms. The smallest absolute Gasteiger partial charge is 0.227 e. The van der Waals surface area contributed by atoms with Crippen molar-refractivity contribution in [2.75, 3.05) is 42.9 Å². The molecule has 0 atom stereocenters. The zero-order valence-electron chi connectivity index (χ0n) is 20.1. The lowest BCUT2D eigenvalue weighted by atomic mass is 10.0. The molecule has 1 aromatic heterocycles. The van der Waals surface area contributed by atoms with Crippen LogP contribution < -0.4 is 10.2 Å². The Bertz CT molecular complexity index is 1310. The van der Waals surface area contributed by atoms with E-state index >= 15 is 4.39 Å². The first kappa shape index (κ1) is 23.2. The molecule has 1 aliphatic rings. The summed E-state index contributed by atoms with van der Waals surface area (Å²) in [5, 5.41) is 14.2. The second kappa shape index (κ2) is 9.60. The highest BCUT2D eigenvalue weighted by Gasteiger charge is 2.24. The predicted molar refractivity (Wildman–Crippen MR) is 140 cm³/mol. The number of hydrogen-bond donors (Lipinski definition) is 2. The van der Waals surface area contributed by atoms with Crippen LogP contribution in [0.4, 0.5) is 21.7 Å².